The van der Waals surface area contributed by atoms with Crippen LogP contribution in [0.1, 0.15) is 49.4 Å². The molecule has 4 heterocycles. The number of pyridine rings is 1. The van der Waals surface area contributed by atoms with E-state index in [1.54, 1.807) is 26.3 Å². The minimum absolute atomic E-state index is 0.0603. The molecule has 4 aromatic rings. The number of nitrogens with one attached hydrogen (secondary N) is 1. The molecule has 2 N–H and O–H groups in total. The number of carboxylic acids is 1. The van der Waals surface area contributed by atoms with Crippen molar-refractivity contribution < 1.29 is 23.8 Å². The predicted molar refractivity (Wildman–Crippen MR) is 130 cm³/mol. The second-order valence-corrected chi connectivity index (χ2v) is 9.95. The molecule has 1 fully saturated rings. The van der Waals surface area contributed by atoms with E-state index >= 15 is 0 Å². The summed E-state index contributed by atoms with van der Waals surface area (Å²) in [5.74, 6) is -1.27. The van der Waals surface area contributed by atoms with Crippen molar-refractivity contribution in [2.75, 3.05) is 20.3 Å². The van der Waals surface area contributed by atoms with Crippen LogP contribution in [0.2, 0.25) is 0 Å². The molecule has 3 aromatic heterocycles. The van der Waals surface area contributed by atoms with E-state index in [1.165, 1.54) is 6.07 Å². The van der Waals surface area contributed by atoms with Crippen LogP contribution >= 0.6 is 0 Å². The van der Waals surface area contributed by atoms with E-state index in [2.05, 4.69) is 28.6 Å². The number of benzene rings is 1. The number of aliphatic carboxylic acids is 1. The van der Waals surface area contributed by atoms with Crippen LogP contribution in [0.5, 0.6) is 0 Å². The van der Waals surface area contributed by atoms with Gasteiger partial charge in [-0.25, -0.2) is 14.2 Å². The molecule has 184 valence electrons. The van der Waals surface area contributed by atoms with Gasteiger partial charge in [-0.15, -0.1) is 0 Å². The Morgan fingerprint density at radius 2 is 2.14 bits per heavy atom. The van der Waals surface area contributed by atoms with Crippen LogP contribution in [0.25, 0.3) is 27.8 Å². The fourth-order valence-corrected chi connectivity index (χ4v) is 5.28. The third-order valence-corrected chi connectivity index (χ3v) is 6.89. The van der Waals surface area contributed by atoms with Crippen molar-refractivity contribution >= 4 is 28.0 Å². The fourth-order valence-electron chi connectivity index (χ4n) is 5.28. The predicted octanol–water partition coefficient (Wildman–Crippen LogP) is 4.62. The van der Waals surface area contributed by atoms with Gasteiger partial charge in [0.05, 0.1) is 30.4 Å². The molecule has 1 unspecified atom stereocenters. The Hall–Kier alpha value is -3.30. The van der Waals surface area contributed by atoms with Gasteiger partial charge in [-0.05, 0) is 49.6 Å². The van der Waals surface area contributed by atoms with Gasteiger partial charge in [0.15, 0.2) is 11.8 Å². The van der Waals surface area contributed by atoms with Gasteiger partial charge in [-0.2, -0.15) is 5.10 Å². The summed E-state index contributed by atoms with van der Waals surface area (Å²) in [6.07, 6.45) is 1.99. The lowest BCUT2D eigenvalue weighted by Gasteiger charge is -2.32. The molecule has 8 nitrogen and oxygen atoms in total. The lowest BCUT2D eigenvalue weighted by Crippen LogP contribution is -2.33. The monoisotopic (exact) mass is 480 g/mol. The van der Waals surface area contributed by atoms with Crippen LogP contribution in [0.15, 0.2) is 30.5 Å². The topological polar surface area (TPSA) is 102 Å². The highest BCUT2D eigenvalue weighted by Gasteiger charge is 2.38. The average molecular weight is 481 g/mol. The largest absolute Gasteiger partial charge is 0.479 e. The molecule has 9 heteroatoms. The number of carbonyl (C=O) groups is 1. The third-order valence-electron chi connectivity index (χ3n) is 6.89. The summed E-state index contributed by atoms with van der Waals surface area (Å²) >= 11 is 0. The van der Waals surface area contributed by atoms with Crippen LogP contribution in [-0.4, -0.2) is 57.3 Å². The highest BCUT2D eigenvalue weighted by Crippen LogP contribution is 2.44. The number of methoxy groups -OCH3 is 1. The van der Waals surface area contributed by atoms with E-state index in [0.29, 0.717) is 30.7 Å². The normalized spacial score (nSPS) is 19.0. The lowest BCUT2D eigenvalue weighted by atomic mass is 9.81. The van der Waals surface area contributed by atoms with E-state index in [-0.39, 0.29) is 18.3 Å². The Balaban J connectivity index is 1.83. The number of ether oxygens (including phenoxy) is 2. The number of rotatable bonds is 6. The fraction of sp³-hybridized carbons (Fsp3) is 0.423. The average Bonchev–Trinajstić information content (AvgIpc) is 3.41. The number of aromatic nitrogens is 4. The minimum atomic E-state index is -0.940. The second-order valence-electron chi connectivity index (χ2n) is 9.95. The summed E-state index contributed by atoms with van der Waals surface area (Å²) in [6, 6.07) is 7.13. The molecule has 1 aromatic carbocycles. The molecule has 0 aliphatic carbocycles. The molecule has 5 rings (SSSR count). The Morgan fingerprint density at radius 3 is 2.80 bits per heavy atom. The van der Waals surface area contributed by atoms with Gasteiger partial charge in [-0.1, -0.05) is 13.8 Å². The summed E-state index contributed by atoms with van der Waals surface area (Å²) in [5, 5.41) is 17.4. The van der Waals surface area contributed by atoms with Gasteiger partial charge in [-0.3, -0.25) is 5.10 Å². The van der Waals surface area contributed by atoms with Crippen molar-refractivity contribution in [2.24, 2.45) is 0 Å². The molecule has 1 aliphatic rings. The number of halogens is 1. The maximum absolute atomic E-state index is 14.2. The zero-order valence-electron chi connectivity index (χ0n) is 20.3. The van der Waals surface area contributed by atoms with Crippen molar-refractivity contribution in [3.8, 4) is 5.69 Å². The lowest BCUT2D eigenvalue weighted by molar-refractivity contribution is -0.153. The molecule has 2 atom stereocenters. The number of aryl methyl sites for hydroxylation is 1. The van der Waals surface area contributed by atoms with Gasteiger partial charge in [0.2, 0.25) is 0 Å². The molecule has 0 amide bonds. The summed E-state index contributed by atoms with van der Waals surface area (Å²) in [4.78, 5) is 16.4. The summed E-state index contributed by atoms with van der Waals surface area (Å²) in [7, 11) is 1.67. The Labute approximate surface area is 202 Å². The first-order valence-corrected chi connectivity index (χ1v) is 11.7. The number of hydrogen-bond donors (Lipinski definition) is 2. The van der Waals surface area contributed by atoms with Gasteiger partial charge in [0.1, 0.15) is 5.82 Å². The molecule has 0 bridgehead atoms. The van der Waals surface area contributed by atoms with E-state index in [4.69, 9.17) is 14.5 Å². The van der Waals surface area contributed by atoms with Gasteiger partial charge in [0.25, 0.3) is 0 Å². The smallest absolute Gasteiger partial charge is 0.332 e. The first kappa shape index (κ1) is 23.4. The molecule has 0 spiro atoms. The number of aromatic amines is 1. The van der Waals surface area contributed by atoms with Crippen molar-refractivity contribution in [3.63, 3.8) is 0 Å². The van der Waals surface area contributed by atoms with E-state index in [9.17, 15) is 14.3 Å². The minimum Gasteiger partial charge on any atom is -0.479 e. The summed E-state index contributed by atoms with van der Waals surface area (Å²) in [6.45, 7) is 6.69. The summed E-state index contributed by atoms with van der Waals surface area (Å²) in [5.41, 5.74) is 5.27. The zero-order valence-corrected chi connectivity index (χ0v) is 20.3. The van der Waals surface area contributed by atoms with Crippen molar-refractivity contribution in [1.29, 1.82) is 0 Å². The standard InChI is InChI=1S/C26H29FN4O4/c1-14-9-17(6-7-18(14)27)31-19-10-16-11-28-30-24(16)29-22(19)21(23(31)26(2,3)13-34-4)15-5-8-20(25(32)33)35-12-15/h6-7,9-11,15,20H,5,8,12-13H2,1-4H3,(H,32,33)(H,28,29,30)/t15-,20?/m1/s1. The first-order valence-electron chi connectivity index (χ1n) is 11.7. The molecular formula is C26H29FN4O4. The third kappa shape index (κ3) is 3.98. The number of hydrogen-bond acceptors (Lipinski definition) is 5. The van der Waals surface area contributed by atoms with Crippen molar-refractivity contribution in [3.05, 3.63) is 53.1 Å². The van der Waals surface area contributed by atoms with Crippen LogP contribution in [-0.2, 0) is 19.7 Å². The molecule has 0 saturated carbocycles. The highest BCUT2D eigenvalue weighted by atomic mass is 19.1. The van der Waals surface area contributed by atoms with E-state index in [0.717, 1.165) is 33.4 Å². The molecular weight excluding hydrogens is 451 g/mol. The molecule has 35 heavy (non-hydrogen) atoms. The Bertz CT molecular complexity index is 1420. The Morgan fingerprint density at radius 1 is 1.34 bits per heavy atom. The van der Waals surface area contributed by atoms with Crippen LogP contribution < -0.4 is 0 Å². The van der Waals surface area contributed by atoms with Gasteiger partial charge in [0, 0.05) is 40.8 Å². The van der Waals surface area contributed by atoms with Crippen LogP contribution in [0.3, 0.4) is 0 Å². The van der Waals surface area contributed by atoms with Crippen LogP contribution in [0, 0.1) is 12.7 Å². The Kier molecular flexibility index (Phi) is 5.85. The number of nitrogens with zero attached hydrogens (tertiary/aromatic N) is 3. The molecule has 1 saturated heterocycles. The maximum Gasteiger partial charge on any atom is 0.332 e. The van der Waals surface area contributed by atoms with E-state index in [1.807, 2.05) is 12.1 Å². The van der Waals surface area contributed by atoms with Crippen LogP contribution in [0.4, 0.5) is 4.39 Å². The molecule has 0 radical (unpaired) electrons. The number of H-pyrrole nitrogens is 1. The molecule has 1 aliphatic heterocycles. The summed E-state index contributed by atoms with van der Waals surface area (Å²) < 4.78 is 27.8. The SMILES string of the molecule is COCC(C)(C)c1c([C@@H]2CCC(C(=O)O)OC2)c2nc3[nH]ncc3cc2n1-c1ccc(F)c(C)c1. The zero-order chi connectivity index (χ0) is 24.9. The number of fused-ring (bicyclic) bond motifs is 2. The first-order chi connectivity index (χ1) is 16.7. The maximum atomic E-state index is 14.2. The quantitative estimate of drug-likeness (QED) is 0.418. The highest BCUT2D eigenvalue weighted by molar-refractivity contribution is 5.94. The van der Waals surface area contributed by atoms with Gasteiger partial charge >= 0.3 is 5.97 Å². The van der Waals surface area contributed by atoms with Gasteiger partial charge < -0.3 is 19.1 Å². The van der Waals surface area contributed by atoms with Crippen molar-refractivity contribution in [2.45, 2.75) is 51.0 Å². The van der Waals surface area contributed by atoms with Crippen molar-refractivity contribution in [1.82, 2.24) is 19.7 Å². The second kappa shape index (κ2) is 8.73. The van der Waals surface area contributed by atoms with E-state index < -0.39 is 17.5 Å². The number of carboxylic acid groups (broad SMARTS) is 1.